The smallest absolute Gasteiger partial charge is 0.375 e. The molecule has 2 aromatic heterocycles. The van der Waals surface area contributed by atoms with Crippen molar-refractivity contribution in [1.82, 2.24) is 35.3 Å². The zero-order chi connectivity index (χ0) is 35.9. The summed E-state index contributed by atoms with van der Waals surface area (Å²) in [7, 11) is 0. The van der Waals surface area contributed by atoms with Crippen LogP contribution in [0.1, 0.15) is 52.3 Å². The third kappa shape index (κ3) is 6.73. The predicted octanol–water partition coefficient (Wildman–Crippen LogP) is 3.62. The van der Waals surface area contributed by atoms with Gasteiger partial charge in [0.15, 0.2) is 0 Å². The summed E-state index contributed by atoms with van der Waals surface area (Å²) < 4.78 is 47.6. The van der Waals surface area contributed by atoms with Gasteiger partial charge in [-0.3, -0.25) is 24.2 Å². The van der Waals surface area contributed by atoms with E-state index in [0.29, 0.717) is 53.5 Å². The quantitative estimate of drug-likeness (QED) is 0.240. The number of nitrogens with zero attached hydrogens (tertiary/aromatic N) is 6. The van der Waals surface area contributed by atoms with Crippen LogP contribution in [0.2, 0.25) is 0 Å². The summed E-state index contributed by atoms with van der Waals surface area (Å²) in [4.78, 5) is 51.7. The van der Waals surface area contributed by atoms with E-state index in [9.17, 15) is 27.6 Å². The summed E-state index contributed by atoms with van der Waals surface area (Å²) in [6.45, 7) is 8.03. The number of rotatable bonds is 10. The molecule has 4 atom stereocenters. The molecule has 51 heavy (non-hydrogen) atoms. The maximum atomic E-state index is 14.3. The van der Waals surface area contributed by atoms with Crippen molar-refractivity contribution >= 4 is 23.5 Å². The minimum atomic E-state index is -4.80. The van der Waals surface area contributed by atoms with E-state index in [2.05, 4.69) is 37.2 Å². The number of hydrogen-bond acceptors (Lipinski definition) is 8. The highest BCUT2D eigenvalue weighted by atomic mass is 19.4. The Kier molecular flexibility index (Phi) is 9.16. The molecule has 3 amide bonds. The zero-order valence-corrected chi connectivity index (χ0v) is 27.6. The van der Waals surface area contributed by atoms with Crippen LogP contribution in [0.15, 0.2) is 85.2 Å². The van der Waals surface area contributed by atoms with Gasteiger partial charge in [-0.05, 0) is 42.7 Å². The zero-order valence-electron chi connectivity index (χ0n) is 27.6. The van der Waals surface area contributed by atoms with Crippen molar-refractivity contribution < 1.29 is 32.3 Å². The first-order valence-corrected chi connectivity index (χ1v) is 16.6. The topological polar surface area (TPSA) is 135 Å². The second kappa shape index (κ2) is 13.7. The van der Waals surface area contributed by atoms with Crippen molar-refractivity contribution in [3.8, 4) is 5.69 Å². The third-order valence-corrected chi connectivity index (χ3v) is 9.47. The number of hydrogen-bond donors (Lipinski definition) is 2. The number of ether oxygens (including phenoxy) is 1. The lowest BCUT2D eigenvalue weighted by Crippen LogP contribution is -2.55. The highest BCUT2D eigenvalue weighted by Crippen LogP contribution is 2.41. The van der Waals surface area contributed by atoms with Crippen molar-refractivity contribution in [3.63, 3.8) is 0 Å². The van der Waals surface area contributed by atoms with Crippen molar-refractivity contribution in [3.05, 3.63) is 113 Å². The van der Waals surface area contributed by atoms with Crippen molar-refractivity contribution in [2.75, 3.05) is 31.1 Å². The first-order chi connectivity index (χ1) is 24.5. The molecule has 12 nitrogen and oxygen atoms in total. The summed E-state index contributed by atoms with van der Waals surface area (Å²) in [5.41, 5.74) is 1.80. The van der Waals surface area contributed by atoms with Gasteiger partial charge in [-0.1, -0.05) is 49.0 Å². The fourth-order valence-corrected chi connectivity index (χ4v) is 7.04. The van der Waals surface area contributed by atoms with Crippen LogP contribution in [0, 0.1) is 0 Å². The Labute approximate surface area is 291 Å². The molecule has 2 N–H and O–H groups in total. The monoisotopic (exact) mass is 700 g/mol. The van der Waals surface area contributed by atoms with Crippen molar-refractivity contribution in [1.29, 1.82) is 0 Å². The Bertz CT molecular complexity index is 1980. The number of fused-ring (bicyclic) bond motifs is 3. The number of likely N-dealkylation sites (N-methyl/N-ethyl adjacent to an activating group) is 1. The van der Waals surface area contributed by atoms with E-state index in [0.717, 1.165) is 24.7 Å². The Balaban J connectivity index is 1.19. The molecule has 264 valence electrons. The Morgan fingerprint density at radius 2 is 1.90 bits per heavy atom. The molecule has 2 saturated heterocycles. The fourth-order valence-electron chi connectivity index (χ4n) is 7.04. The molecule has 2 aromatic carbocycles. The van der Waals surface area contributed by atoms with Crippen LogP contribution in [0.4, 0.5) is 19.0 Å². The lowest BCUT2D eigenvalue weighted by molar-refractivity contribution is -0.141. The SMILES string of the molecule is C=C(CN1C[C@H]2C[C@@H]1CO2)C(=O)NCc1cccc([C@H]2c3cnn(-c4ccccc4)c3N(CC)C(=O)[C@@H]2NC(=O)c2nccc(C(F)(F)F)n2)c1. The molecule has 5 heterocycles. The molecule has 0 unspecified atom stereocenters. The molecule has 0 saturated carbocycles. The average Bonchev–Trinajstić information content (AvgIpc) is 3.88. The Morgan fingerprint density at radius 1 is 1.10 bits per heavy atom. The molecule has 7 rings (SSSR count). The molecule has 3 aliphatic rings. The average molecular weight is 701 g/mol. The first-order valence-electron chi connectivity index (χ1n) is 16.6. The van der Waals surface area contributed by atoms with Gasteiger partial charge >= 0.3 is 6.18 Å². The number of morpholine rings is 1. The maximum Gasteiger partial charge on any atom is 0.433 e. The number of carbonyl (C=O) groups is 3. The van der Waals surface area contributed by atoms with E-state index < -0.39 is 41.5 Å². The first kappa shape index (κ1) is 34.1. The van der Waals surface area contributed by atoms with Crippen LogP contribution in [-0.4, -0.2) is 86.8 Å². The van der Waals surface area contributed by atoms with Gasteiger partial charge in [-0.25, -0.2) is 14.6 Å². The number of benzene rings is 2. The van der Waals surface area contributed by atoms with Gasteiger partial charge in [0, 0.05) is 55.5 Å². The molecule has 0 radical (unpaired) electrons. The summed E-state index contributed by atoms with van der Waals surface area (Å²) in [5, 5.41) is 10.2. The lowest BCUT2D eigenvalue weighted by atomic mass is 9.82. The van der Waals surface area contributed by atoms with Crippen LogP contribution in [0.5, 0.6) is 0 Å². The highest BCUT2D eigenvalue weighted by Gasteiger charge is 2.45. The standard InChI is InChI=1S/C36H35F3N8O4/c1-3-46-34-27(17-42-47(34)24-10-5-4-6-11-24)29(30(35(46)50)44-33(49)31-40-13-12-28(43-31)36(37,38)39)23-9-7-8-22(14-23)16-41-32(48)21(2)18-45-19-26-15-25(45)20-51-26/h4-14,17,25-26,29-30H,2-3,15-16,18-20H2,1H3,(H,41,48)(H,44,49)/t25-,26-,29+,30-/m1/s1. The second-order valence-corrected chi connectivity index (χ2v) is 12.8. The maximum absolute atomic E-state index is 14.3. The number of anilines is 1. The Morgan fingerprint density at radius 3 is 2.61 bits per heavy atom. The van der Waals surface area contributed by atoms with Crippen LogP contribution in [-0.2, 0) is 27.0 Å². The minimum Gasteiger partial charge on any atom is -0.375 e. The molecule has 0 spiro atoms. The van der Waals surface area contributed by atoms with Gasteiger partial charge in [0.1, 0.15) is 17.6 Å². The highest BCUT2D eigenvalue weighted by molar-refractivity contribution is 6.04. The van der Waals surface area contributed by atoms with E-state index in [1.807, 2.05) is 42.5 Å². The van der Waals surface area contributed by atoms with Gasteiger partial charge in [0.2, 0.25) is 11.7 Å². The Hall–Kier alpha value is -5.41. The van der Waals surface area contributed by atoms with Crippen LogP contribution < -0.4 is 15.5 Å². The van der Waals surface area contributed by atoms with Gasteiger partial charge < -0.3 is 15.4 Å². The largest absolute Gasteiger partial charge is 0.433 e. The van der Waals surface area contributed by atoms with Gasteiger partial charge in [0.25, 0.3) is 11.8 Å². The molecule has 15 heteroatoms. The van der Waals surface area contributed by atoms with Gasteiger partial charge in [0.05, 0.1) is 24.6 Å². The number of aromatic nitrogens is 4. The molecule has 3 aliphatic heterocycles. The minimum absolute atomic E-state index is 0.161. The van der Waals surface area contributed by atoms with Gasteiger partial charge in [-0.2, -0.15) is 18.3 Å². The number of likely N-dealkylation sites (tertiary alicyclic amines) is 1. The third-order valence-electron chi connectivity index (χ3n) is 9.47. The van der Waals surface area contributed by atoms with E-state index >= 15 is 0 Å². The van der Waals surface area contributed by atoms with E-state index in [1.54, 1.807) is 29.9 Å². The summed E-state index contributed by atoms with van der Waals surface area (Å²) in [6, 6.07) is 16.1. The second-order valence-electron chi connectivity index (χ2n) is 12.8. The molecular formula is C36H35F3N8O4. The summed E-state index contributed by atoms with van der Waals surface area (Å²) in [6.07, 6.45) is -1.16. The summed E-state index contributed by atoms with van der Waals surface area (Å²) >= 11 is 0. The van der Waals surface area contributed by atoms with Crippen molar-refractivity contribution in [2.24, 2.45) is 0 Å². The van der Waals surface area contributed by atoms with Crippen LogP contribution in [0.3, 0.4) is 0 Å². The predicted molar refractivity (Wildman–Crippen MR) is 179 cm³/mol. The van der Waals surface area contributed by atoms with E-state index in [1.165, 1.54) is 4.90 Å². The lowest BCUT2D eigenvalue weighted by Gasteiger charge is -2.38. The number of alkyl halides is 3. The number of para-hydroxylation sites is 1. The van der Waals surface area contributed by atoms with E-state index in [4.69, 9.17) is 4.74 Å². The van der Waals surface area contributed by atoms with Crippen LogP contribution in [0.25, 0.3) is 5.69 Å². The van der Waals surface area contributed by atoms with Crippen molar-refractivity contribution in [2.45, 2.75) is 50.2 Å². The molecule has 2 fully saturated rings. The molecule has 2 bridgehead atoms. The molecule has 0 aliphatic carbocycles. The number of amides is 3. The molecule has 4 aromatic rings. The van der Waals surface area contributed by atoms with Gasteiger partial charge in [-0.15, -0.1) is 0 Å². The number of nitrogens with one attached hydrogen (secondary N) is 2. The van der Waals surface area contributed by atoms with E-state index in [-0.39, 0.29) is 25.1 Å². The summed E-state index contributed by atoms with van der Waals surface area (Å²) in [5.74, 6) is -2.87. The van der Waals surface area contributed by atoms with Crippen LogP contribution >= 0.6 is 0 Å². The fraction of sp³-hybridized carbons (Fsp3) is 0.333. The molecular weight excluding hydrogens is 665 g/mol. The number of halogens is 3. The number of carbonyl (C=O) groups excluding carboxylic acids is 3. The normalized spacial score (nSPS) is 21.4.